The molecule has 1 saturated heterocycles. The van der Waals surface area contributed by atoms with Gasteiger partial charge in [0.05, 0.1) is 5.69 Å². The highest BCUT2D eigenvalue weighted by atomic mass is 16.2. The van der Waals surface area contributed by atoms with Crippen LogP contribution in [0.1, 0.15) is 48.6 Å². The molecular formula is C21H29N5O2. The third-order valence-electron chi connectivity index (χ3n) is 5.13. The monoisotopic (exact) mass is 383 g/mol. The minimum atomic E-state index is -0.344. The topological polar surface area (TPSA) is 88.1 Å². The van der Waals surface area contributed by atoms with E-state index in [4.69, 9.17) is 0 Å². The van der Waals surface area contributed by atoms with E-state index in [2.05, 4.69) is 33.2 Å². The van der Waals surface area contributed by atoms with Crippen LogP contribution in [0.4, 0.5) is 0 Å². The Kier molecular flexibility index (Phi) is 6.46. The van der Waals surface area contributed by atoms with Crippen LogP contribution in [0.15, 0.2) is 30.3 Å². The van der Waals surface area contributed by atoms with Crippen molar-refractivity contribution >= 4 is 11.8 Å². The number of carbonyl (C=O) groups excluding carboxylic acids is 2. The van der Waals surface area contributed by atoms with Gasteiger partial charge in [-0.05, 0) is 44.7 Å². The number of carbonyl (C=O) groups is 2. The number of nitrogens with one attached hydrogen (secondary N) is 3. The maximum Gasteiger partial charge on any atom is 0.224 e. The van der Waals surface area contributed by atoms with Crippen molar-refractivity contribution in [3.8, 4) is 0 Å². The molecule has 3 N–H and O–H groups in total. The first-order chi connectivity index (χ1) is 13.4. The summed E-state index contributed by atoms with van der Waals surface area (Å²) >= 11 is 0. The number of benzene rings is 1. The molecule has 0 spiro atoms. The zero-order valence-corrected chi connectivity index (χ0v) is 16.8. The van der Waals surface area contributed by atoms with Gasteiger partial charge in [0, 0.05) is 31.1 Å². The zero-order valence-electron chi connectivity index (χ0n) is 16.8. The number of nitrogens with zero attached hydrogens (tertiary/aromatic N) is 2. The molecule has 0 radical (unpaired) electrons. The smallest absolute Gasteiger partial charge is 0.224 e. The Labute approximate surface area is 165 Å². The quantitative estimate of drug-likeness (QED) is 0.680. The summed E-state index contributed by atoms with van der Waals surface area (Å²) in [6, 6.07) is 10.2. The lowest BCUT2D eigenvalue weighted by Crippen LogP contribution is -2.52. The lowest BCUT2D eigenvalue weighted by molar-refractivity contribution is -0.125. The van der Waals surface area contributed by atoms with Crippen LogP contribution in [0.2, 0.25) is 0 Å². The van der Waals surface area contributed by atoms with Gasteiger partial charge in [-0.15, -0.1) is 0 Å². The molecule has 0 aliphatic carbocycles. The van der Waals surface area contributed by atoms with Gasteiger partial charge in [0.1, 0.15) is 0 Å². The summed E-state index contributed by atoms with van der Waals surface area (Å²) in [5.74, 6) is 0.0587. The fraction of sp³-hybridized carbons (Fsp3) is 0.476. The summed E-state index contributed by atoms with van der Waals surface area (Å²) in [5, 5.41) is 13.8. The Balaban J connectivity index is 1.53. The van der Waals surface area contributed by atoms with Gasteiger partial charge in [-0.1, -0.05) is 30.3 Å². The first-order valence-electron chi connectivity index (χ1n) is 9.84. The highest BCUT2D eigenvalue weighted by Gasteiger charge is 2.26. The molecule has 1 aromatic heterocycles. The number of aryl methyl sites for hydroxylation is 1. The first kappa shape index (κ1) is 20.1. The summed E-state index contributed by atoms with van der Waals surface area (Å²) in [6.07, 6.45) is 2.00. The van der Waals surface area contributed by atoms with Gasteiger partial charge in [0.2, 0.25) is 11.8 Å². The molecule has 150 valence electrons. The van der Waals surface area contributed by atoms with Crippen molar-refractivity contribution in [3.63, 3.8) is 0 Å². The van der Waals surface area contributed by atoms with Crippen LogP contribution in [0.5, 0.6) is 0 Å². The van der Waals surface area contributed by atoms with Crippen molar-refractivity contribution in [2.75, 3.05) is 6.54 Å². The summed E-state index contributed by atoms with van der Waals surface area (Å²) in [5.41, 5.74) is 4.14. The van der Waals surface area contributed by atoms with Crippen molar-refractivity contribution in [1.82, 2.24) is 25.7 Å². The minimum absolute atomic E-state index is 0.0168. The van der Waals surface area contributed by atoms with Gasteiger partial charge in [-0.25, -0.2) is 4.68 Å². The molecule has 0 saturated carbocycles. The molecule has 2 heterocycles. The highest BCUT2D eigenvalue weighted by molar-refractivity contribution is 5.77. The summed E-state index contributed by atoms with van der Waals surface area (Å²) in [7, 11) is 0. The Morgan fingerprint density at radius 1 is 1.25 bits per heavy atom. The summed E-state index contributed by atoms with van der Waals surface area (Å²) in [4.78, 5) is 24.0. The Hall–Kier alpha value is -2.67. The molecule has 2 unspecified atom stereocenters. The van der Waals surface area contributed by atoms with Crippen LogP contribution in [0.25, 0.3) is 0 Å². The Morgan fingerprint density at radius 3 is 2.71 bits per heavy atom. The van der Waals surface area contributed by atoms with Crippen LogP contribution in [0.3, 0.4) is 0 Å². The van der Waals surface area contributed by atoms with Gasteiger partial charge in [-0.2, -0.15) is 5.10 Å². The van der Waals surface area contributed by atoms with Gasteiger partial charge >= 0.3 is 0 Å². The maximum absolute atomic E-state index is 12.2. The number of hydrogen-bond donors (Lipinski definition) is 3. The molecule has 0 bridgehead atoms. The largest absolute Gasteiger partial charge is 0.356 e. The average molecular weight is 383 g/mol. The molecule has 1 aliphatic rings. The molecule has 1 aliphatic heterocycles. The normalized spacial score (nSPS) is 19.3. The van der Waals surface area contributed by atoms with Crippen LogP contribution < -0.4 is 16.0 Å². The van der Waals surface area contributed by atoms with Gasteiger partial charge < -0.3 is 10.6 Å². The van der Waals surface area contributed by atoms with Crippen molar-refractivity contribution in [3.05, 3.63) is 52.8 Å². The fourth-order valence-electron chi connectivity index (χ4n) is 3.62. The predicted molar refractivity (Wildman–Crippen MR) is 108 cm³/mol. The van der Waals surface area contributed by atoms with Gasteiger partial charge in [0.25, 0.3) is 0 Å². The number of amides is 2. The second-order valence-electron chi connectivity index (χ2n) is 7.42. The van der Waals surface area contributed by atoms with Crippen LogP contribution >= 0.6 is 0 Å². The average Bonchev–Trinajstić information content (AvgIpc) is 2.94. The van der Waals surface area contributed by atoms with Crippen LogP contribution in [-0.4, -0.2) is 34.2 Å². The van der Waals surface area contributed by atoms with Crippen molar-refractivity contribution in [1.29, 1.82) is 0 Å². The van der Waals surface area contributed by atoms with E-state index < -0.39 is 0 Å². The Bertz CT molecular complexity index is 831. The third kappa shape index (κ3) is 4.98. The molecule has 3 rings (SSSR count). The number of hydrogen-bond acceptors (Lipinski definition) is 4. The molecule has 2 atom stereocenters. The standard InChI is InChI=1S/C21H29N5O2/c1-14-13-20(28)24-21(23-14)26-16(3)18(15(2)25-26)9-10-19(27)22-12-11-17-7-5-4-6-8-17/h4-8,14,21,23H,9-13H2,1-3H3,(H,22,27)(H,24,28). The van der Waals surface area contributed by atoms with E-state index in [-0.39, 0.29) is 24.1 Å². The number of rotatable bonds is 7. The second kappa shape index (κ2) is 9.01. The molecule has 2 amide bonds. The molecule has 1 fully saturated rings. The second-order valence-corrected chi connectivity index (χ2v) is 7.42. The highest BCUT2D eigenvalue weighted by Crippen LogP contribution is 2.19. The van der Waals surface area contributed by atoms with E-state index in [9.17, 15) is 9.59 Å². The van der Waals surface area contributed by atoms with Crippen molar-refractivity contribution in [2.24, 2.45) is 0 Å². The molecule has 1 aromatic carbocycles. The van der Waals surface area contributed by atoms with E-state index in [1.165, 1.54) is 5.56 Å². The predicted octanol–water partition coefficient (Wildman–Crippen LogP) is 1.75. The van der Waals surface area contributed by atoms with E-state index in [1.54, 1.807) is 0 Å². The summed E-state index contributed by atoms with van der Waals surface area (Å²) in [6.45, 7) is 6.55. The van der Waals surface area contributed by atoms with Gasteiger partial charge in [0.15, 0.2) is 6.29 Å². The summed E-state index contributed by atoms with van der Waals surface area (Å²) < 4.78 is 1.81. The molecule has 7 nitrogen and oxygen atoms in total. The first-order valence-corrected chi connectivity index (χ1v) is 9.84. The maximum atomic E-state index is 12.2. The zero-order chi connectivity index (χ0) is 20.1. The van der Waals surface area contributed by atoms with Crippen molar-refractivity contribution < 1.29 is 9.59 Å². The van der Waals surface area contributed by atoms with Crippen LogP contribution in [-0.2, 0) is 22.4 Å². The SMILES string of the molecule is Cc1nn(C2NC(=O)CC(C)N2)c(C)c1CCC(=O)NCCc1ccccc1. The molecular weight excluding hydrogens is 354 g/mol. The Morgan fingerprint density at radius 2 is 2.00 bits per heavy atom. The number of aromatic nitrogens is 2. The fourth-order valence-corrected chi connectivity index (χ4v) is 3.62. The van der Waals surface area contributed by atoms with Crippen LogP contribution in [0, 0.1) is 13.8 Å². The van der Waals surface area contributed by atoms with Gasteiger partial charge in [-0.3, -0.25) is 14.9 Å². The lowest BCUT2D eigenvalue weighted by atomic mass is 10.1. The van der Waals surface area contributed by atoms with E-state index in [0.29, 0.717) is 25.8 Å². The van der Waals surface area contributed by atoms with E-state index in [0.717, 1.165) is 23.4 Å². The molecule has 2 aromatic rings. The van der Waals surface area contributed by atoms with Crippen molar-refractivity contribution in [2.45, 2.75) is 58.8 Å². The van der Waals surface area contributed by atoms with E-state index in [1.807, 2.05) is 43.7 Å². The minimum Gasteiger partial charge on any atom is -0.356 e. The molecule has 7 heteroatoms. The molecule has 28 heavy (non-hydrogen) atoms. The lowest BCUT2D eigenvalue weighted by Gasteiger charge is -2.30. The third-order valence-corrected chi connectivity index (χ3v) is 5.13. The van der Waals surface area contributed by atoms with E-state index >= 15 is 0 Å².